The van der Waals surface area contributed by atoms with Crippen molar-refractivity contribution in [3.8, 4) is 0 Å². The first-order valence-corrected chi connectivity index (χ1v) is 10.5. The molecule has 1 aromatic carbocycles. The number of amides is 1. The van der Waals surface area contributed by atoms with Gasteiger partial charge in [-0.1, -0.05) is 69.4 Å². The van der Waals surface area contributed by atoms with Gasteiger partial charge in [-0.15, -0.1) is 0 Å². The van der Waals surface area contributed by atoms with E-state index in [9.17, 15) is 4.79 Å². The van der Waals surface area contributed by atoms with E-state index in [1.807, 2.05) is 6.08 Å². The molecule has 0 bridgehead atoms. The van der Waals surface area contributed by atoms with E-state index in [0.29, 0.717) is 10.9 Å². The molecule has 1 amide bonds. The second-order valence-corrected chi connectivity index (χ2v) is 8.82. The molecule has 5 heteroatoms. The Morgan fingerprint density at radius 2 is 1.88 bits per heavy atom. The molecule has 0 atom stereocenters. The van der Waals surface area contributed by atoms with Crippen molar-refractivity contribution in [3.05, 3.63) is 52.6 Å². The Kier molecular flexibility index (Phi) is 5.58. The fourth-order valence-corrected chi connectivity index (χ4v) is 4.91. The average molecular weight is 387 g/mol. The van der Waals surface area contributed by atoms with Gasteiger partial charge in [0.1, 0.15) is 4.32 Å². The molecule has 0 spiro atoms. The Hall–Kier alpha value is -1.59. The molecule has 26 heavy (non-hydrogen) atoms. The van der Waals surface area contributed by atoms with Crippen LogP contribution < -0.4 is 4.90 Å². The molecule has 0 N–H and O–H groups in total. The van der Waals surface area contributed by atoms with Crippen LogP contribution in [0, 0.1) is 0 Å². The number of thioether (sulfide) groups is 1. The third-order valence-corrected chi connectivity index (χ3v) is 6.51. The van der Waals surface area contributed by atoms with E-state index in [4.69, 9.17) is 12.2 Å². The number of unbranched alkanes of at least 4 members (excludes halogenated alkanes) is 1. The van der Waals surface area contributed by atoms with Crippen LogP contribution in [0.1, 0.15) is 46.1 Å². The molecule has 3 rings (SSSR count). The minimum Gasteiger partial charge on any atom is -0.344 e. The van der Waals surface area contributed by atoms with E-state index < -0.39 is 0 Å². The monoisotopic (exact) mass is 386 g/mol. The number of allylic oxidation sites excluding steroid dienone is 3. The van der Waals surface area contributed by atoms with Crippen LogP contribution in [0.15, 0.2) is 47.0 Å². The zero-order chi connectivity index (χ0) is 18.9. The maximum absolute atomic E-state index is 12.7. The number of para-hydroxylation sites is 1. The lowest BCUT2D eigenvalue weighted by Gasteiger charge is -2.25. The summed E-state index contributed by atoms with van der Waals surface area (Å²) in [5.74, 6) is 0.0432. The third-order valence-electron chi connectivity index (χ3n) is 5.12. The molecule has 2 aliphatic rings. The van der Waals surface area contributed by atoms with Crippen LogP contribution in [0.5, 0.6) is 0 Å². The summed E-state index contributed by atoms with van der Waals surface area (Å²) in [5, 5.41) is 0. The van der Waals surface area contributed by atoms with Crippen LogP contribution in [0.2, 0.25) is 0 Å². The fraction of sp³-hybridized carbons (Fsp3) is 0.429. The first kappa shape index (κ1) is 19.2. The molecular weight excluding hydrogens is 360 g/mol. The number of hydrogen-bond acceptors (Lipinski definition) is 4. The zero-order valence-electron chi connectivity index (χ0n) is 15.9. The summed E-state index contributed by atoms with van der Waals surface area (Å²) in [6.07, 6.45) is 6.09. The lowest BCUT2D eigenvalue weighted by molar-refractivity contribution is -0.122. The van der Waals surface area contributed by atoms with Crippen molar-refractivity contribution in [2.45, 2.75) is 46.0 Å². The molecule has 138 valence electrons. The molecule has 0 aliphatic carbocycles. The summed E-state index contributed by atoms with van der Waals surface area (Å²) in [6, 6.07) is 8.55. The van der Waals surface area contributed by atoms with Crippen LogP contribution in [0.3, 0.4) is 0 Å². The van der Waals surface area contributed by atoms with E-state index in [0.717, 1.165) is 24.3 Å². The molecular formula is C21H26N2OS2. The Morgan fingerprint density at radius 1 is 1.15 bits per heavy atom. The Morgan fingerprint density at radius 3 is 2.58 bits per heavy atom. The highest BCUT2D eigenvalue weighted by molar-refractivity contribution is 8.26. The minimum absolute atomic E-state index is 0.0432. The highest BCUT2D eigenvalue weighted by Crippen LogP contribution is 2.47. The normalized spacial score (nSPS) is 22.0. The predicted octanol–water partition coefficient (Wildman–Crippen LogP) is 5.23. The van der Waals surface area contributed by atoms with E-state index in [1.54, 1.807) is 4.90 Å². The summed E-state index contributed by atoms with van der Waals surface area (Å²) in [6.45, 7) is 10.4. The molecule has 1 fully saturated rings. The van der Waals surface area contributed by atoms with Gasteiger partial charge in [0.05, 0.1) is 4.91 Å². The predicted molar refractivity (Wildman–Crippen MR) is 115 cm³/mol. The first-order chi connectivity index (χ1) is 12.4. The quantitative estimate of drug-likeness (QED) is 0.510. The standard InChI is InChI=1S/C21H26N2OS2/c1-5-7-14-23-19(24)17(26-20(23)25)12-13-18-21(3,4)15-10-8-9-11-16(15)22(18)6-2/h8-13H,5-7,14H2,1-4H3. The number of rotatable bonds is 5. The van der Waals surface area contributed by atoms with E-state index in [-0.39, 0.29) is 11.3 Å². The fourth-order valence-electron chi connectivity index (χ4n) is 3.66. The van der Waals surface area contributed by atoms with Crippen molar-refractivity contribution in [3.63, 3.8) is 0 Å². The largest absolute Gasteiger partial charge is 0.344 e. The molecule has 0 radical (unpaired) electrons. The number of carbonyl (C=O) groups excluding carboxylic acids is 1. The molecule has 1 saturated heterocycles. The van der Waals surface area contributed by atoms with Crippen LogP contribution in [-0.2, 0) is 10.2 Å². The van der Waals surface area contributed by atoms with Gasteiger partial charge in [0.25, 0.3) is 5.91 Å². The second-order valence-electron chi connectivity index (χ2n) is 7.15. The van der Waals surface area contributed by atoms with Gasteiger partial charge in [0, 0.05) is 29.9 Å². The minimum atomic E-state index is -0.0849. The number of anilines is 1. The third kappa shape index (κ3) is 3.23. The number of thiocarbonyl (C=S) groups is 1. The van der Waals surface area contributed by atoms with Gasteiger partial charge in [-0.3, -0.25) is 9.69 Å². The van der Waals surface area contributed by atoms with Gasteiger partial charge >= 0.3 is 0 Å². The summed E-state index contributed by atoms with van der Waals surface area (Å²) < 4.78 is 0.675. The smallest absolute Gasteiger partial charge is 0.266 e. The van der Waals surface area contributed by atoms with Crippen LogP contribution in [-0.4, -0.2) is 28.2 Å². The number of fused-ring (bicyclic) bond motifs is 1. The second kappa shape index (κ2) is 7.57. The van der Waals surface area contributed by atoms with Gasteiger partial charge in [0.15, 0.2) is 0 Å². The number of benzene rings is 1. The number of carbonyl (C=O) groups is 1. The maximum atomic E-state index is 12.7. The average Bonchev–Trinajstić information content (AvgIpc) is 3.02. The highest BCUT2D eigenvalue weighted by Gasteiger charge is 2.39. The summed E-state index contributed by atoms with van der Waals surface area (Å²) in [5.41, 5.74) is 3.73. The lowest BCUT2D eigenvalue weighted by atomic mass is 9.84. The van der Waals surface area contributed by atoms with Gasteiger partial charge in [-0.2, -0.15) is 0 Å². The van der Waals surface area contributed by atoms with E-state index in [1.165, 1.54) is 28.7 Å². The molecule has 0 unspecified atom stereocenters. The molecule has 3 nitrogen and oxygen atoms in total. The Balaban J connectivity index is 1.92. The SMILES string of the molecule is CCCCN1C(=O)C(=CC=C2N(CC)c3ccccc3C2(C)C)SC1=S. The topological polar surface area (TPSA) is 23.6 Å². The summed E-state index contributed by atoms with van der Waals surface area (Å²) >= 11 is 6.82. The molecule has 1 aromatic rings. The van der Waals surface area contributed by atoms with E-state index >= 15 is 0 Å². The van der Waals surface area contributed by atoms with E-state index in [2.05, 4.69) is 62.9 Å². The van der Waals surface area contributed by atoms with Crippen LogP contribution in [0.4, 0.5) is 5.69 Å². The number of nitrogens with zero attached hydrogens (tertiary/aromatic N) is 2. The summed E-state index contributed by atoms with van der Waals surface area (Å²) in [4.78, 5) is 17.5. The van der Waals surface area contributed by atoms with Crippen molar-refractivity contribution in [1.29, 1.82) is 0 Å². The zero-order valence-corrected chi connectivity index (χ0v) is 17.5. The first-order valence-electron chi connectivity index (χ1n) is 9.25. The van der Waals surface area contributed by atoms with Gasteiger partial charge in [0.2, 0.25) is 0 Å². The van der Waals surface area contributed by atoms with Gasteiger partial charge in [-0.25, -0.2) is 0 Å². The maximum Gasteiger partial charge on any atom is 0.266 e. The van der Waals surface area contributed by atoms with Crippen LogP contribution >= 0.6 is 24.0 Å². The summed E-state index contributed by atoms with van der Waals surface area (Å²) in [7, 11) is 0. The Bertz CT molecular complexity index is 795. The van der Waals surface area contributed by atoms with Crippen molar-refractivity contribution in [2.75, 3.05) is 18.0 Å². The Labute approximate surface area is 166 Å². The van der Waals surface area contributed by atoms with Crippen molar-refractivity contribution < 1.29 is 4.79 Å². The van der Waals surface area contributed by atoms with Crippen molar-refractivity contribution in [1.82, 2.24) is 4.90 Å². The van der Waals surface area contributed by atoms with Crippen molar-refractivity contribution in [2.24, 2.45) is 0 Å². The molecule has 2 aliphatic heterocycles. The molecule has 0 saturated carbocycles. The van der Waals surface area contributed by atoms with Gasteiger partial charge < -0.3 is 4.90 Å². The van der Waals surface area contributed by atoms with Crippen LogP contribution in [0.25, 0.3) is 0 Å². The highest BCUT2D eigenvalue weighted by atomic mass is 32.2. The molecule has 0 aromatic heterocycles. The lowest BCUT2D eigenvalue weighted by Crippen LogP contribution is -2.29. The number of hydrogen-bond donors (Lipinski definition) is 0. The number of likely N-dealkylation sites (N-methyl/N-ethyl adjacent to an activating group) is 1. The van der Waals surface area contributed by atoms with Crippen molar-refractivity contribution >= 4 is 39.9 Å². The molecule has 2 heterocycles. The van der Waals surface area contributed by atoms with Gasteiger partial charge in [-0.05, 0) is 37.1 Å².